The number of carbonyl (C=O) groups is 2. The molecule has 3 aromatic heterocycles. The van der Waals surface area contributed by atoms with Crippen molar-refractivity contribution in [2.75, 3.05) is 64.6 Å². The summed E-state index contributed by atoms with van der Waals surface area (Å²) in [5.74, 6) is -0.139. The van der Waals surface area contributed by atoms with Gasteiger partial charge in [-0.2, -0.15) is 0 Å². The van der Waals surface area contributed by atoms with E-state index in [9.17, 15) is 23.9 Å². The van der Waals surface area contributed by atoms with E-state index in [4.69, 9.17) is 4.98 Å². The average molecular weight is 897 g/mol. The van der Waals surface area contributed by atoms with Gasteiger partial charge in [-0.15, -0.1) is 0 Å². The minimum atomic E-state index is -0.405. The number of hydrogen-bond acceptors (Lipinski definition) is 10. The Hall–Kier alpha value is -6.32. The van der Waals surface area contributed by atoms with Gasteiger partial charge < -0.3 is 34.7 Å². The first-order chi connectivity index (χ1) is 31.6. The molecule has 1 aliphatic carbocycles. The van der Waals surface area contributed by atoms with Crippen LogP contribution in [0.2, 0.25) is 0 Å². The van der Waals surface area contributed by atoms with Crippen molar-refractivity contribution in [3.8, 4) is 11.3 Å². The van der Waals surface area contributed by atoms with Crippen LogP contribution < -0.4 is 30.9 Å². The van der Waals surface area contributed by atoms with Crippen LogP contribution in [0, 0.1) is 11.2 Å². The van der Waals surface area contributed by atoms with Gasteiger partial charge in [0.2, 0.25) is 5.91 Å². The second-order valence-electron chi connectivity index (χ2n) is 19.5. The standard InChI is InChI=1S/C51H61FN10O4/c1-8-46(64)55-41-24-34(9-12-43(41)60-20-19-59(28-32(60)4)35-14-17-58(18-15-35)36-10-11-40(52)38(25-36)31(2)3)54-47-50(66)57(7)29-42(56-47)37-13-16-53-48(39(37)30-63)62-22-21-61-44(49(62)65)23-33-26-51(5,6)27-45(33)61/h8-13,16,23-25,29,31-32,35,63H,1,14-15,17-22,26-28,30H2,2-7H3,(H,54,56)(H,55,64)/t32-/m0/s1. The van der Waals surface area contributed by atoms with E-state index in [1.807, 2.05) is 44.2 Å². The normalized spacial score (nSPS) is 18.7. The van der Waals surface area contributed by atoms with Gasteiger partial charge in [0.15, 0.2) is 5.82 Å². The summed E-state index contributed by atoms with van der Waals surface area (Å²) in [5.41, 5.74) is 8.05. The molecule has 3 aliphatic heterocycles. The number of piperazine rings is 1. The molecule has 9 rings (SSSR count). The fraction of sp³-hybridized carbons (Fsp3) is 0.431. The van der Waals surface area contributed by atoms with E-state index < -0.39 is 6.61 Å². The zero-order chi connectivity index (χ0) is 46.6. The first-order valence-corrected chi connectivity index (χ1v) is 23.2. The number of fused-ring (bicyclic) bond motifs is 3. The number of nitrogens with zero attached hydrogens (tertiary/aromatic N) is 8. The Labute approximate surface area is 385 Å². The molecule has 14 nitrogen and oxygen atoms in total. The number of nitrogens with one attached hydrogen (secondary N) is 2. The van der Waals surface area contributed by atoms with Crippen molar-refractivity contribution in [3.63, 3.8) is 0 Å². The number of rotatable bonds is 11. The van der Waals surface area contributed by atoms with Gasteiger partial charge in [-0.1, -0.05) is 34.3 Å². The molecule has 0 bridgehead atoms. The second-order valence-corrected chi connectivity index (χ2v) is 19.5. The number of carbonyl (C=O) groups excluding carboxylic acids is 2. The molecule has 0 radical (unpaired) electrons. The predicted octanol–water partition coefficient (Wildman–Crippen LogP) is 7.23. The highest BCUT2D eigenvalue weighted by molar-refractivity contribution is 6.06. The zero-order valence-electron chi connectivity index (χ0n) is 38.9. The van der Waals surface area contributed by atoms with Crippen molar-refractivity contribution in [1.82, 2.24) is 24.0 Å². The minimum Gasteiger partial charge on any atom is -0.392 e. The minimum absolute atomic E-state index is 0.0446. The number of aliphatic hydroxyl groups is 1. The molecule has 2 aromatic carbocycles. The summed E-state index contributed by atoms with van der Waals surface area (Å²) in [4.78, 5) is 58.8. The molecule has 2 saturated heterocycles. The summed E-state index contributed by atoms with van der Waals surface area (Å²) in [7, 11) is 1.64. The maximum Gasteiger partial charge on any atom is 0.293 e. The summed E-state index contributed by atoms with van der Waals surface area (Å²) < 4.78 is 18.0. The van der Waals surface area contributed by atoms with E-state index in [1.165, 1.54) is 21.9 Å². The van der Waals surface area contributed by atoms with Crippen LogP contribution >= 0.6 is 0 Å². The number of aliphatic hydroxyl groups excluding tert-OH is 1. The van der Waals surface area contributed by atoms with Crippen molar-refractivity contribution in [2.45, 2.75) is 91.5 Å². The SMILES string of the molecule is C=CC(=O)Nc1cc(Nc2nc(-c3ccnc(N4CCn5c(cc6c5CC(C)(C)C6)C4=O)c3CO)cn(C)c2=O)ccc1N1CCN(C2CCN(c3ccc(F)c(C(C)C)c3)CC2)C[C@@H]1C. The predicted molar refractivity (Wildman–Crippen MR) is 259 cm³/mol. The Kier molecular flexibility index (Phi) is 12.1. The van der Waals surface area contributed by atoms with Crippen LogP contribution in [0.1, 0.15) is 86.3 Å². The molecule has 346 valence electrons. The lowest BCUT2D eigenvalue weighted by Gasteiger charge is -2.47. The van der Waals surface area contributed by atoms with E-state index in [0.717, 1.165) is 75.3 Å². The molecule has 4 aliphatic rings. The van der Waals surface area contributed by atoms with Gasteiger partial charge in [-0.05, 0) is 110 Å². The largest absolute Gasteiger partial charge is 0.392 e. The number of halogens is 1. The number of aromatic nitrogens is 4. The summed E-state index contributed by atoms with van der Waals surface area (Å²) >= 11 is 0. The molecule has 66 heavy (non-hydrogen) atoms. The Morgan fingerprint density at radius 3 is 2.53 bits per heavy atom. The Morgan fingerprint density at radius 1 is 1.02 bits per heavy atom. The maximum atomic E-state index is 14.4. The topological polar surface area (TPSA) is 144 Å². The van der Waals surface area contributed by atoms with Crippen LogP contribution in [0.15, 0.2) is 78.4 Å². The third-order valence-electron chi connectivity index (χ3n) is 14.0. The van der Waals surface area contributed by atoms with Gasteiger partial charge in [-0.3, -0.25) is 24.2 Å². The fourth-order valence-electron chi connectivity index (χ4n) is 10.7. The lowest BCUT2D eigenvalue weighted by Crippen LogP contribution is -2.57. The Balaban J connectivity index is 0.920. The third kappa shape index (κ3) is 8.50. The lowest BCUT2D eigenvalue weighted by atomic mass is 9.90. The van der Waals surface area contributed by atoms with Gasteiger partial charge in [0.1, 0.15) is 17.3 Å². The first-order valence-electron chi connectivity index (χ1n) is 23.2. The first kappa shape index (κ1) is 44.9. The maximum absolute atomic E-state index is 14.4. The van der Waals surface area contributed by atoms with Crippen LogP contribution in [0.3, 0.4) is 0 Å². The highest BCUT2D eigenvalue weighted by Crippen LogP contribution is 2.41. The Morgan fingerprint density at radius 2 is 1.80 bits per heavy atom. The van der Waals surface area contributed by atoms with Crippen molar-refractivity contribution >= 4 is 46.2 Å². The second kappa shape index (κ2) is 17.8. The number of piperidine rings is 1. The molecule has 15 heteroatoms. The number of benzene rings is 2. The van der Waals surface area contributed by atoms with Crippen LogP contribution in [0.4, 0.5) is 38.8 Å². The van der Waals surface area contributed by atoms with E-state index in [-0.39, 0.29) is 46.4 Å². The van der Waals surface area contributed by atoms with Gasteiger partial charge >= 0.3 is 0 Å². The van der Waals surface area contributed by atoms with Crippen LogP contribution in [0.25, 0.3) is 11.3 Å². The number of amides is 2. The van der Waals surface area contributed by atoms with E-state index in [1.54, 1.807) is 42.5 Å². The van der Waals surface area contributed by atoms with Crippen LogP contribution in [0.5, 0.6) is 0 Å². The molecule has 2 amide bonds. The quantitative estimate of drug-likeness (QED) is 0.116. The smallest absolute Gasteiger partial charge is 0.293 e. The summed E-state index contributed by atoms with van der Waals surface area (Å²) in [6.07, 6.45) is 8.34. The summed E-state index contributed by atoms with van der Waals surface area (Å²) in [6, 6.07) is 15.5. The molecular weight excluding hydrogens is 836 g/mol. The molecule has 0 saturated carbocycles. The molecule has 0 unspecified atom stereocenters. The summed E-state index contributed by atoms with van der Waals surface area (Å²) in [5, 5.41) is 17.0. The van der Waals surface area contributed by atoms with Crippen LogP contribution in [-0.2, 0) is 37.8 Å². The van der Waals surface area contributed by atoms with Crippen molar-refractivity contribution in [1.29, 1.82) is 0 Å². The highest BCUT2D eigenvalue weighted by Gasteiger charge is 2.38. The number of aryl methyl sites for hydroxylation is 1. The van der Waals surface area contributed by atoms with E-state index >= 15 is 0 Å². The van der Waals surface area contributed by atoms with Gasteiger partial charge in [0.05, 0.1) is 23.7 Å². The van der Waals surface area contributed by atoms with Crippen LogP contribution in [-0.4, -0.2) is 92.3 Å². The van der Waals surface area contributed by atoms with Crippen molar-refractivity contribution in [3.05, 3.63) is 118 Å². The fourth-order valence-corrected chi connectivity index (χ4v) is 10.7. The molecule has 5 aromatic rings. The molecular formula is C51H61FN10O4. The van der Waals surface area contributed by atoms with Crippen molar-refractivity contribution < 1.29 is 19.1 Å². The van der Waals surface area contributed by atoms with E-state index in [2.05, 4.69) is 62.2 Å². The van der Waals surface area contributed by atoms with Gasteiger partial charge in [0, 0.05) is 106 Å². The van der Waals surface area contributed by atoms with Crippen molar-refractivity contribution in [2.24, 2.45) is 12.5 Å². The highest BCUT2D eigenvalue weighted by atomic mass is 19.1. The van der Waals surface area contributed by atoms with Gasteiger partial charge in [-0.25, -0.2) is 14.4 Å². The summed E-state index contributed by atoms with van der Waals surface area (Å²) in [6.45, 7) is 19.3. The van der Waals surface area contributed by atoms with Gasteiger partial charge in [0.25, 0.3) is 11.5 Å². The molecule has 2 fully saturated rings. The zero-order valence-corrected chi connectivity index (χ0v) is 38.9. The monoisotopic (exact) mass is 896 g/mol. The molecule has 6 heterocycles. The number of hydrogen-bond donors (Lipinski definition) is 3. The molecule has 3 N–H and O–H groups in total. The Bertz CT molecular complexity index is 2770. The third-order valence-corrected chi connectivity index (χ3v) is 14.0. The molecule has 1 atom stereocenters. The number of pyridine rings is 1. The lowest BCUT2D eigenvalue weighted by molar-refractivity contribution is -0.111. The average Bonchev–Trinajstić information content (AvgIpc) is 3.80. The number of anilines is 6. The molecule has 0 spiro atoms. The van der Waals surface area contributed by atoms with E-state index in [0.29, 0.717) is 58.8 Å².